The second kappa shape index (κ2) is 11.2. The molecule has 0 radical (unpaired) electrons. The Morgan fingerprint density at radius 1 is 1.03 bits per heavy atom. The first-order valence-corrected chi connectivity index (χ1v) is 9.92. The predicted molar refractivity (Wildman–Crippen MR) is 130 cm³/mol. The summed E-state index contributed by atoms with van der Waals surface area (Å²) in [5.41, 5.74) is 6.14. The second-order valence-corrected chi connectivity index (χ2v) is 7.46. The Bertz CT molecular complexity index is 864. The topological polar surface area (TPSA) is 56.7 Å². The molecule has 0 spiro atoms. The smallest absolute Gasteiger partial charge is 0.253 e. The van der Waals surface area contributed by atoms with Crippen LogP contribution in [0.1, 0.15) is 39.0 Å². The van der Waals surface area contributed by atoms with Gasteiger partial charge >= 0.3 is 0 Å². The summed E-state index contributed by atoms with van der Waals surface area (Å²) in [6, 6.07) is 14.6. The SMILES string of the molecule is CN=C(NCCc1cccc(C(=O)N(C)C)c1)NCc1ccc2c(c1)CCC2.I. The number of rotatable bonds is 6. The number of hydrogen-bond donors (Lipinski definition) is 2. The highest BCUT2D eigenvalue weighted by molar-refractivity contribution is 14.0. The molecular formula is C23H31IN4O. The van der Waals surface area contributed by atoms with Gasteiger partial charge in [0.2, 0.25) is 0 Å². The van der Waals surface area contributed by atoms with Gasteiger partial charge in [0.15, 0.2) is 5.96 Å². The maximum atomic E-state index is 12.1. The zero-order chi connectivity index (χ0) is 19.9. The van der Waals surface area contributed by atoms with Gasteiger partial charge < -0.3 is 15.5 Å². The van der Waals surface area contributed by atoms with Crippen LogP contribution in [0.3, 0.4) is 0 Å². The number of amides is 1. The van der Waals surface area contributed by atoms with E-state index in [9.17, 15) is 4.79 Å². The molecule has 0 heterocycles. The molecule has 0 aliphatic heterocycles. The van der Waals surface area contributed by atoms with Gasteiger partial charge in [0.05, 0.1) is 0 Å². The number of nitrogens with one attached hydrogen (secondary N) is 2. The van der Waals surface area contributed by atoms with Crippen molar-refractivity contribution in [3.05, 3.63) is 70.3 Å². The lowest BCUT2D eigenvalue weighted by molar-refractivity contribution is 0.0827. The van der Waals surface area contributed by atoms with Crippen LogP contribution in [0.25, 0.3) is 0 Å². The van der Waals surface area contributed by atoms with Crippen LogP contribution in [-0.2, 0) is 25.8 Å². The fourth-order valence-corrected chi connectivity index (χ4v) is 3.58. The number of carbonyl (C=O) groups is 1. The van der Waals surface area contributed by atoms with Gasteiger partial charge in [0, 0.05) is 39.8 Å². The van der Waals surface area contributed by atoms with Crippen LogP contribution in [0.5, 0.6) is 0 Å². The van der Waals surface area contributed by atoms with Gasteiger partial charge in [0.25, 0.3) is 5.91 Å². The van der Waals surface area contributed by atoms with Crippen LogP contribution < -0.4 is 10.6 Å². The summed E-state index contributed by atoms with van der Waals surface area (Å²) in [6.45, 7) is 1.52. The highest BCUT2D eigenvalue weighted by atomic mass is 127. The van der Waals surface area contributed by atoms with Crippen molar-refractivity contribution < 1.29 is 4.79 Å². The minimum absolute atomic E-state index is 0. The zero-order valence-corrected chi connectivity index (χ0v) is 19.8. The van der Waals surface area contributed by atoms with Crippen molar-refractivity contribution in [1.29, 1.82) is 0 Å². The summed E-state index contributed by atoms with van der Waals surface area (Å²) >= 11 is 0. The number of carbonyl (C=O) groups excluding carboxylic acids is 1. The number of hydrogen-bond acceptors (Lipinski definition) is 2. The van der Waals surface area contributed by atoms with E-state index in [0.29, 0.717) is 0 Å². The molecule has 156 valence electrons. The Labute approximate surface area is 191 Å². The Morgan fingerprint density at radius 3 is 2.59 bits per heavy atom. The first-order chi connectivity index (χ1) is 13.6. The molecule has 0 bridgehead atoms. The van der Waals surface area contributed by atoms with Crippen LogP contribution in [0.15, 0.2) is 47.5 Å². The maximum Gasteiger partial charge on any atom is 0.253 e. The molecule has 0 fully saturated rings. The molecule has 1 amide bonds. The molecule has 1 aliphatic carbocycles. The van der Waals surface area contributed by atoms with Gasteiger partial charge in [-0.25, -0.2) is 0 Å². The van der Waals surface area contributed by atoms with Crippen molar-refractivity contribution in [2.24, 2.45) is 4.99 Å². The number of aryl methyl sites for hydroxylation is 2. The van der Waals surface area contributed by atoms with E-state index in [4.69, 9.17) is 0 Å². The molecule has 0 atom stereocenters. The predicted octanol–water partition coefficient (Wildman–Crippen LogP) is 3.40. The van der Waals surface area contributed by atoms with Crippen LogP contribution in [-0.4, -0.2) is 44.5 Å². The average molecular weight is 506 g/mol. The number of halogens is 1. The normalized spacial score (nSPS) is 12.7. The second-order valence-electron chi connectivity index (χ2n) is 7.46. The van der Waals surface area contributed by atoms with Crippen LogP contribution in [0.2, 0.25) is 0 Å². The molecule has 29 heavy (non-hydrogen) atoms. The third-order valence-electron chi connectivity index (χ3n) is 5.13. The van der Waals surface area contributed by atoms with Crippen molar-refractivity contribution >= 4 is 35.8 Å². The number of guanidine groups is 1. The van der Waals surface area contributed by atoms with E-state index in [1.165, 1.54) is 36.0 Å². The van der Waals surface area contributed by atoms with Gasteiger partial charge in [0.1, 0.15) is 0 Å². The van der Waals surface area contributed by atoms with E-state index in [1.807, 2.05) is 18.2 Å². The van der Waals surface area contributed by atoms with Crippen molar-refractivity contribution in [3.63, 3.8) is 0 Å². The first-order valence-electron chi connectivity index (χ1n) is 9.92. The highest BCUT2D eigenvalue weighted by Gasteiger charge is 2.11. The van der Waals surface area contributed by atoms with E-state index in [2.05, 4.69) is 39.9 Å². The first kappa shape index (κ1) is 23.2. The maximum absolute atomic E-state index is 12.1. The van der Waals surface area contributed by atoms with Crippen molar-refractivity contribution in [3.8, 4) is 0 Å². The monoisotopic (exact) mass is 506 g/mol. The van der Waals surface area contributed by atoms with E-state index < -0.39 is 0 Å². The van der Waals surface area contributed by atoms with Crippen molar-refractivity contribution in [2.75, 3.05) is 27.7 Å². The third kappa shape index (κ3) is 6.45. The van der Waals surface area contributed by atoms with Crippen LogP contribution in [0.4, 0.5) is 0 Å². The average Bonchev–Trinajstić information content (AvgIpc) is 3.18. The summed E-state index contributed by atoms with van der Waals surface area (Å²) < 4.78 is 0. The molecule has 0 saturated carbocycles. The lowest BCUT2D eigenvalue weighted by Crippen LogP contribution is -2.37. The minimum atomic E-state index is 0. The Hall–Kier alpha value is -2.09. The Morgan fingerprint density at radius 2 is 1.83 bits per heavy atom. The standard InChI is InChI=1S/C23H30N4O.HI/c1-24-23(26-16-18-10-11-19-7-5-8-20(19)15-18)25-13-12-17-6-4-9-21(14-17)22(28)27(2)3;/h4,6,9-11,14-15H,5,7-8,12-13,16H2,1-3H3,(H2,24,25,26);1H. The molecule has 2 aromatic carbocycles. The summed E-state index contributed by atoms with van der Waals surface area (Å²) in [5.74, 6) is 0.822. The van der Waals surface area contributed by atoms with E-state index >= 15 is 0 Å². The Balaban J connectivity index is 0.00000300. The molecule has 5 nitrogen and oxygen atoms in total. The van der Waals surface area contributed by atoms with Crippen LogP contribution >= 0.6 is 24.0 Å². The Kier molecular flexibility index (Phi) is 8.95. The molecule has 2 aromatic rings. The fourth-order valence-electron chi connectivity index (χ4n) is 3.58. The molecule has 0 aromatic heterocycles. The molecule has 2 N–H and O–H groups in total. The molecule has 3 rings (SSSR count). The highest BCUT2D eigenvalue weighted by Crippen LogP contribution is 2.22. The molecule has 6 heteroatoms. The summed E-state index contributed by atoms with van der Waals surface area (Å²) in [5, 5.41) is 6.74. The number of aliphatic imine (C=N–C) groups is 1. The van der Waals surface area contributed by atoms with Crippen LogP contribution in [0, 0.1) is 0 Å². The molecule has 0 unspecified atom stereocenters. The molecular weight excluding hydrogens is 475 g/mol. The zero-order valence-electron chi connectivity index (χ0n) is 17.5. The molecule has 0 saturated heterocycles. The van der Waals surface area contributed by atoms with Gasteiger partial charge in [-0.1, -0.05) is 30.3 Å². The lowest BCUT2D eigenvalue weighted by atomic mass is 10.1. The minimum Gasteiger partial charge on any atom is -0.356 e. The van der Waals surface area contributed by atoms with Gasteiger partial charge in [-0.05, 0) is 60.1 Å². The van der Waals surface area contributed by atoms with E-state index in [1.54, 1.807) is 26.0 Å². The third-order valence-corrected chi connectivity index (χ3v) is 5.13. The van der Waals surface area contributed by atoms with E-state index in [-0.39, 0.29) is 29.9 Å². The van der Waals surface area contributed by atoms with Crippen molar-refractivity contribution in [1.82, 2.24) is 15.5 Å². The van der Waals surface area contributed by atoms with Gasteiger partial charge in [-0.3, -0.25) is 9.79 Å². The lowest BCUT2D eigenvalue weighted by Gasteiger charge is -2.14. The van der Waals surface area contributed by atoms with Crippen molar-refractivity contribution in [2.45, 2.75) is 32.2 Å². The quantitative estimate of drug-likeness (QED) is 0.359. The summed E-state index contributed by atoms with van der Waals surface area (Å²) in [4.78, 5) is 18.0. The van der Waals surface area contributed by atoms with E-state index in [0.717, 1.165) is 36.6 Å². The number of benzene rings is 2. The number of nitrogens with zero attached hydrogens (tertiary/aromatic N) is 2. The van der Waals surface area contributed by atoms with Gasteiger partial charge in [-0.15, -0.1) is 24.0 Å². The molecule has 1 aliphatic rings. The van der Waals surface area contributed by atoms with Gasteiger partial charge in [-0.2, -0.15) is 0 Å². The number of fused-ring (bicyclic) bond motifs is 1. The summed E-state index contributed by atoms with van der Waals surface area (Å²) in [6.07, 6.45) is 4.52. The summed E-state index contributed by atoms with van der Waals surface area (Å²) in [7, 11) is 5.33. The fraction of sp³-hybridized carbons (Fsp3) is 0.391. The largest absolute Gasteiger partial charge is 0.356 e.